The number of ether oxygens (including phenoxy) is 1. The van der Waals surface area contributed by atoms with Gasteiger partial charge in [-0.15, -0.1) is 13.2 Å². The lowest BCUT2D eigenvalue weighted by Crippen LogP contribution is -2.27. The van der Waals surface area contributed by atoms with E-state index in [1.165, 1.54) is 24.3 Å². The van der Waals surface area contributed by atoms with E-state index in [4.69, 9.17) is 0 Å². The summed E-state index contributed by atoms with van der Waals surface area (Å²) in [7, 11) is 1.70. The van der Waals surface area contributed by atoms with Crippen LogP contribution in [0.15, 0.2) is 36.4 Å². The first-order chi connectivity index (χ1) is 10.3. The summed E-state index contributed by atoms with van der Waals surface area (Å²) >= 11 is 0. The number of benzene rings is 1. The first-order valence-corrected chi connectivity index (χ1v) is 7.09. The number of halogens is 3. The van der Waals surface area contributed by atoms with Crippen LogP contribution in [0.1, 0.15) is 24.8 Å². The van der Waals surface area contributed by atoms with Crippen molar-refractivity contribution in [2.24, 2.45) is 5.92 Å². The first kappa shape index (κ1) is 16.4. The SMILES string of the molecule is CN(Cc1ccc(OC(F)(F)F)cc1)C(=O)CC1C=CCC1. The quantitative estimate of drug-likeness (QED) is 0.772. The Morgan fingerprint density at radius 3 is 2.55 bits per heavy atom. The third-order valence-electron chi connectivity index (χ3n) is 3.55. The Kier molecular flexibility index (Phi) is 5.11. The Morgan fingerprint density at radius 2 is 2.00 bits per heavy atom. The van der Waals surface area contributed by atoms with Gasteiger partial charge in [0.1, 0.15) is 5.75 Å². The normalized spacial score (nSPS) is 17.5. The van der Waals surface area contributed by atoms with Gasteiger partial charge in [0.15, 0.2) is 0 Å². The number of amides is 1. The molecule has 0 saturated heterocycles. The van der Waals surface area contributed by atoms with Gasteiger partial charge in [0, 0.05) is 20.0 Å². The molecule has 1 aliphatic carbocycles. The molecule has 6 heteroatoms. The van der Waals surface area contributed by atoms with E-state index >= 15 is 0 Å². The van der Waals surface area contributed by atoms with E-state index in [9.17, 15) is 18.0 Å². The maximum atomic E-state index is 12.1. The topological polar surface area (TPSA) is 29.5 Å². The van der Waals surface area contributed by atoms with E-state index in [0.29, 0.717) is 18.9 Å². The second-order valence-corrected chi connectivity index (χ2v) is 5.41. The Hall–Kier alpha value is -1.98. The molecule has 0 fully saturated rings. The molecule has 0 bridgehead atoms. The first-order valence-electron chi connectivity index (χ1n) is 7.09. The van der Waals surface area contributed by atoms with Crippen molar-refractivity contribution in [2.45, 2.75) is 32.2 Å². The monoisotopic (exact) mass is 313 g/mol. The van der Waals surface area contributed by atoms with Gasteiger partial charge in [0.2, 0.25) is 5.91 Å². The molecule has 2 rings (SSSR count). The van der Waals surface area contributed by atoms with Crippen LogP contribution in [0.4, 0.5) is 13.2 Å². The number of hydrogen-bond acceptors (Lipinski definition) is 2. The molecular formula is C16H18F3NO2. The van der Waals surface area contributed by atoms with E-state index in [1.807, 2.05) is 0 Å². The van der Waals surface area contributed by atoms with Crippen molar-refractivity contribution in [1.29, 1.82) is 0 Å². The standard InChI is InChI=1S/C16H18F3NO2/c1-20(15(21)10-12-4-2-3-5-12)11-13-6-8-14(9-7-13)22-16(17,18)19/h2,4,6-9,12H,3,5,10-11H2,1H3. The smallest absolute Gasteiger partial charge is 0.406 e. The van der Waals surface area contributed by atoms with Gasteiger partial charge >= 0.3 is 6.36 Å². The van der Waals surface area contributed by atoms with Gasteiger partial charge in [-0.1, -0.05) is 24.3 Å². The van der Waals surface area contributed by atoms with E-state index in [-0.39, 0.29) is 11.7 Å². The predicted octanol–water partition coefficient (Wildman–Crippen LogP) is 3.90. The van der Waals surface area contributed by atoms with Crippen molar-refractivity contribution >= 4 is 5.91 Å². The molecule has 22 heavy (non-hydrogen) atoms. The van der Waals surface area contributed by atoms with Crippen molar-refractivity contribution in [2.75, 3.05) is 7.05 Å². The molecule has 120 valence electrons. The summed E-state index contributed by atoms with van der Waals surface area (Å²) in [6.45, 7) is 0.363. The van der Waals surface area contributed by atoms with Gasteiger partial charge in [-0.25, -0.2) is 0 Å². The number of allylic oxidation sites excluding steroid dienone is 2. The number of carbonyl (C=O) groups is 1. The van der Waals surface area contributed by atoms with E-state index in [1.54, 1.807) is 11.9 Å². The minimum Gasteiger partial charge on any atom is -0.406 e. The van der Waals surface area contributed by atoms with Crippen LogP contribution in [0.3, 0.4) is 0 Å². The molecule has 1 amide bonds. The highest BCUT2D eigenvalue weighted by molar-refractivity contribution is 5.76. The van der Waals surface area contributed by atoms with Gasteiger partial charge in [-0.3, -0.25) is 4.79 Å². The highest BCUT2D eigenvalue weighted by atomic mass is 19.4. The molecule has 1 aromatic carbocycles. The molecule has 0 aliphatic heterocycles. The minimum absolute atomic E-state index is 0.0344. The highest BCUT2D eigenvalue weighted by Gasteiger charge is 2.31. The molecule has 1 aliphatic rings. The number of nitrogens with zero attached hydrogens (tertiary/aromatic N) is 1. The largest absolute Gasteiger partial charge is 0.573 e. The van der Waals surface area contributed by atoms with Crippen molar-refractivity contribution in [3.63, 3.8) is 0 Å². The summed E-state index contributed by atoms with van der Waals surface area (Å²) in [4.78, 5) is 13.7. The van der Waals surface area contributed by atoms with Gasteiger partial charge in [-0.05, 0) is 36.5 Å². The van der Waals surface area contributed by atoms with Crippen molar-refractivity contribution in [3.8, 4) is 5.75 Å². The predicted molar refractivity (Wildman–Crippen MR) is 76.1 cm³/mol. The van der Waals surface area contributed by atoms with Crippen LogP contribution in [0.25, 0.3) is 0 Å². The molecule has 0 saturated carbocycles. The summed E-state index contributed by atoms with van der Waals surface area (Å²) in [6, 6.07) is 5.56. The minimum atomic E-state index is -4.69. The molecule has 0 heterocycles. The zero-order valence-corrected chi connectivity index (χ0v) is 12.3. The second-order valence-electron chi connectivity index (χ2n) is 5.41. The summed E-state index contributed by atoms with van der Waals surface area (Å²) in [5.41, 5.74) is 0.757. The molecular weight excluding hydrogens is 295 g/mol. The molecule has 3 nitrogen and oxygen atoms in total. The summed E-state index contributed by atoms with van der Waals surface area (Å²) in [6.07, 6.45) is 1.95. The zero-order chi connectivity index (χ0) is 16.2. The van der Waals surface area contributed by atoms with Crippen molar-refractivity contribution in [1.82, 2.24) is 4.90 Å². The van der Waals surface area contributed by atoms with Gasteiger partial charge in [0.25, 0.3) is 0 Å². The Balaban J connectivity index is 1.86. The van der Waals surface area contributed by atoms with Crippen LogP contribution in [0, 0.1) is 5.92 Å². The lowest BCUT2D eigenvalue weighted by molar-refractivity contribution is -0.274. The van der Waals surface area contributed by atoms with Crippen LogP contribution in [-0.2, 0) is 11.3 Å². The van der Waals surface area contributed by atoms with Gasteiger partial charge < -0.3 is 9.64 Å². The summed E-state index contributed by atoms with van der Waals surface area (Å²) < 4.78 is 40.0. The molecule has 1 aromatic rings. The van der Waals surface area contributed by atoms with E-state index < -0.39 is 6.36 Å². The lowest BCUT2D eigenvalue weighted by Gasteiger charge is -2.19. The average Bonchev–Trinajstić information content (AvgIpc) is 2.92. The van der Waals surface area contributed by atoms with Crippen LogP contribution >= 0.6 is 0 Å². The van der Waals surface area contributed by atoms with E-state index in [2.05, 4.69) is 16.9 Å². The molecule has 0 spiro atoms. The third kappa shape index (κ3) is 5.09. The van der Waals surface area contributed by atoms with Gasteiger partial charge in [-0.2, -0.15) is 0 Å². The molecule has 1 unspecified atom stereocenters. The van der Waals surface area contributed by atoms with Crippen LogP contribution in [-0.4, -0.2) is 24.2 Å². The maximum absolute atomic E-state index is 12.1. The van der Waals surface area contributed by atoms with Crippen molar-refractivity contribution in [3.05, 3.63) is 42.0 Å². The summed E-state index contributed by atoms with van der Waals surface area (Å²) in [5, 5.41) is 0. The van der Waals surface area contributed by atoms with Gasteiger partial charge in [0.05, 0.1) is 0 Å². The number of rotatable bonds is 5. The Bertz CT molecular complexity index is 537. The fourth-order valence-corrected chi connectivity index (χ4v) is 2.40. The number of hydrogen-bond donors (Lipinski definition) is 0. The van der Waals surface area contributed by atoms with Crippen molar-refractivity contribution < 1.29 is 22.7 Å². The Labute approximate surface area is 127 Å². The maximum Gasteiger partial charge on any atom is 0.573 e. The lowest BCUT2D eigenvalue weighted by atomic mass is 10.0. The molecule has 0 aromatic heterocycles. The molecule has 0 radical (unpaired) electrons. The molecule has 1 atom stereocenters. The average molecular weight is 313 g/mol. The number of carbonyl (C=O) groups excluding carboxylic acids is 1. The fourth-order valence-electron chi connectivity index (χ4n) is 2.40. The third-order valence-corrected chi connectivity index (χ3v) is 3.55. The summed E-state index contributed by atoms with van der Waals surface area (Å²) in [5.74, 6) is 0.0750. The zero-order valence-electron chi connectivity index (χ0n) is 12.3. The highest BCUT2D eigenvalue weighted by Crippen LogP contribution is 2.24. The van der Waals surface area contributed by atoms with Crippen LogP contribution in [0.5, 0.6) is 5.75 Å². The van der Waals surface area contributed by atoms with Crippen LogP contribution < -0.4 is 4.74 Å². The van der Waals surface area contributed by atoms with Crippen LogP contribution in [0.2, 0.25) is 0 Å². The molecule has 0 N–H and O–H groups in total. The van der Waals surface area contributed by atoms with E-state index in [0.717, 1.165) is 18.4 Å². The Morgan fingerprint density at radius 1 is 1.32 bits per heavy atom. The second kappa shape index (κ2) is 6.85. The number of alkyl halides is 3. The fraction of sp³-hybridized carbons (Fsp3) is 0.438.